The molecule has 3 heteroatoms. The molecule has 0 aromatic carbocycles. The van der Waals surface area contributed by atoms with Gasteiger partial charge in [-0.15, -0.1) is 0 Å². The van der Waals surface area contributed by atoms with Crippen LogP contribution in [0, 0.1) is 11.8 Å². The third kappa shape index (κ3) is 3.35. The maximum atomic E-state index is 4.37. The number of aromatic nitrogens is 2. The summed E-state index contributed by atoms with van der Waals surface area (Å²) in [7, 11) is 0. The molecule has 0 saturated heterocycles. The molecule has 1 aromatic rings. The maximum Gasteiger partial charge on any atom is 0.0522 e. The molecule has 1 N–H and O–H groups in total. The first-order chi connectivity index (χ1) is 8.70. The first-order valence-corrected chi connectivity index (χ1v) is 7.44. The number of aryl methyl sites for hydroxylation is 1. The van der Waals surface area contributed by atoms with Crippen LogP contribution in [-0.2, 0) is 13.1 Å². The Balaban J connectivity index is 1.82. The molecule has 0 amide bonds. The Hall–Kier alpha value is -0.830. The average molecular weight is 249 g/mol. The Morgan fingerprint density at radius 3 is 2.89 bits per heavy atom. The Kier molecular flexibility index (Phi) is 4.81. The van der Waals surface area contributed by atoms with E-state index in [4.69, 9.17) is 0 Å². The van der Waals surface area contributed by atoms with Gasteiger partial charge in [-0.3, -0.25) is 4.68 Å². The van der Waals surface area contributed by atoms with Crippen LogP contribution >= 0.6 is 0 Å². The van der Waals surface area contributed by atoms with E-state index >= 15 is 0 Å². The lowest BCUT2D eigenvalue weighted by atomic mass is 9.79. The van der Waals surface area contributed by atoms with Crippen molar-refractivity contribution >= 4 is 0 Å². The second-order valence-electron chi connectivity index (χ2n) is 5.89. The molecule has 0 bridgehead atoms. The van der Waals surface area contributed by atoms with E-state index in [0.717, 1.165) is 31.3 Å². The minimum absolute atomic E-state index is 0.696. The molecule has 3 nitrogen and oxygen atoms in total. The molecule has 2 rings (SSSR count). The standard InChI is InChI=1S/C15H27N3/c1-4-9-18-15(7-8-17-18)11-16-14-6-5-12(2)13(3)10-14/h7-8,12-14,16H,4-6,9-11H2,1-3H3. The summed E-state index contributed by atoms with van der Waals surface area (Å²) in [5.74, 6) is 1.76. The fourth-order valence-corrected chi connectivity index (χ4v) is 2.91. The van der Waals surface area contributed by atoms with Gasteiger partial charge in [-0.2, -0.15) is 5.10 Å². The molecule has 1 aliphatic carbocycles. The van der Waals surface area contributed by atoms with Crippen molar-refractivity contribution in [2.75, 3.05) is 0 Å². The van der Waals surface area contributed by atoms with E-state index in [1.54, 1.807) is 0 Å². The molecule has 1 heterocycles. The smallest absolute Gasteiger partial charge is 0.0522 e. The quantitative estimate of drug-likeness (QED) is 0.868. The van der Waals surface area contributed by atoms with E-state index in [9.17, 15) is 0 Å². The molecule has 0 spiro atoms. The van der Waals surface area contributed by atoms with Crippen LogP contribution in [0.15, 0.2) is 12.3 Å². The van der Waals surface area contributed by atoms with Crippen molar-refractivity contribution in [3.8, 4) is 0 Å². The number of hydrogen-bond acceptors (Lipinski definition) is 2. The highest BCUT2D eigenvalue weighted by molar-refractivity contribution is 5.00. The van der Waals surface area contributed by atoms with Gasteiger partial charge in [0.25, 0.3) is 0 Å². The van der Waals surface area contributed by atoms with Crippen LogP contribution in [0.3, 0.4) is 0 Å². The van der Waals surface area contributed by atoms with E-state index in [1.165, 1.54) is 25.0 Å². The van der Waals surface area contributed by atoms with Crippen molar-refractivity contribution in [3.05, 3.63) is 18.0 Å². The van der Waals surface area contributed by atoms with Gasteiger partial charge < -0.3 is 5.32 Å². The summed E-state index contributed by atoms with van der Waals surface area (Å²) in [6, 6.07) is 2.83. The highest BCUT2D eigenvalue weighted by atomic mass is 15.3. The van der Waals surface area contributed by atoms with E-state index in [2.05, 4.69) is 41.9 Å². The molecular weight excluding hydrogens is 222 g/mol. The highest BCUT2D eigenvalue weighted by Gasteiger charge is 2.24. The lowest BCUT2D eigenvalue weighted by molar-refractivity contribution is 0.224. The zero-order chi connectivity index (χ0) is 13.0. The van der Waals surface area contributed by atoms with Crippen LogP contribution in [0.25, 0.3) is 0 Å². The minimum Gasteiger partial charge on any atom is -0.308 e. The van der Waals surface area contributed by atoms with Crippen LogP contribution in [0.1, 0.15) is 52.1 Å². The summed E-state index contributed by atoms with van der Waals surface area (Å²) < 4.78 is 2.13. The number of rotatable bonds is 5. The zero-order valence-corrected chi connectivity index (χ0v) is 12.0. The predicted molar refractivity (Wildman–Crippen MR) is 75.3 cm³/mol. The molecule has 102 valence electrons. The number of nitrogens with zero attached hydrogens (tertiary/aromatic N) is 2. The molecule has 3 unspecified atom stereocenters. The Labute approximate surface area is 111 Å². The highest BCUT2D eigenvalue weighted by Crippen LogP contribution is 2.29. The lowest BCUT2D eigenvalue weighted by Gasteiger charge is -2.32. The summed E-state index contributed by atoms with van der Waals surface area (Å²) in [4.78, 5) is 0. The van der Waals surface area contributed by atoms with Crippen LogP contribution in [0.4, 0.5) is 0 Å². The van der Waals surface area contributed by atoms with E-state index in [0.29, 0.717) is 6.04 Å². The van der Waals surface area contributed by atoms with E-state index < -0.39 is 0 Å². The number of nitrogens with one attached hydrogen (secondary N) is 1. The molecule has 1 fully saturated rings. The third-order valence-electron chi connectivity index (χ3n) is 4.41. The van der Waals surface area contributed by atoms with Gasteiger partial charge in [-0.05, 0) is 43.6 Å². The van der Waals surface area contributed by atoms with Crippen LogP contribution in [0.5, 0.6) is 0 Å². The SMILES string of the molecule is CCCn1nccc1CNC1CCC(C)C(C)C1. The Morgan fingerprint density at radius 2 is 2.17 bits per heavy atom. The predicted octanol–water partition coefficient (Wildman–Crippen LogP) is 3.21. The Morgan fingerprint density at radius 1 is 1.33 bits per heavy atom. The summed E-state index contributed by atoms with van der Waals surface area (Å²) >= 11 is 0. The van der Waals surface area contributed by atoms with Gasteiger partial charge in [0.05, 0.1) is 5.69 Å². The maximum absolute atomic E-state index is 4.37. The molecule has 0 radical (unpaired) electrons. The molecule has 1 aliphatic rings. The molecule has 1 aromatic heterocycles. The van der Waals surface area contributed by atoms with Gasteiger partial charge in [-0.1, -0.05) is 20.8 Å². The fourth-order valence-electron chi connectivity index (χ4n) is 2.91. The van der Waals surface area contributed by atoms with Crippen LogP contribution in [-0.4, -0.2) is 15.8 Å². The first-order valence-electron chi connectivity index (χ1n) is 7.44. The summed E-state index contributed by atoms with van der Waals surface area (Å²) in [5.41, 5.74) is 1.32. The van der Waals surface area contributed by atoms with Gasteiger partial charge in [0, 0.05) is 25.3 Å². The van der Waals surface area contributed by atoms with Crippen molar-refractivity contribution < 1.29 is 0 Å². The Bertz CT molecular complexity index is 358. The molecular formula is C15H27N3. The normalized spacial score (nSPS) is 28.5. The topological polar surface area (TPSA) is 29.9 Å². The van der Waals surface area contributed by atoms with Gasteiger partial charge >= 0.3 is 0 Å². The average Bonchev–Trinajstić information content (AvgIpc) is 2.79. The van der Waals surface area contributed by atoms with Gasteiger partial charge in [0.1, 0.15) is 0 Å². The fraction of sp³-hybridized carbons (Fsp3) is 0.800. The van der Waals surface area contributed by atoms with Crippen molar-refractivity contribution in [3.63, 3.8) is 0 Å². The third-order valence-corrected chi connectivity index (χ3v) is 4.41. The van der Waals surface area contributed by atoms with Crippen LogP contribution in [0.2, 0.25) is 0 Å². The minimum atomic E-state index is 0.696. The monoisotopic (exact) mass is 249 g/mol. The molecule has 0 aliphatic heterocycles. The second-order valence-corrected chi connectivity index (χ2v) is 5.89. The second kappa shape index (κ2) is 6.37. The van der Waals surface area contributed by atoms with Gasteiger partial charge in [0.2, 0.25) is 0 Å². The first kappa shape index (κ1) is 13.6. The summed E-state index contributed by atoms with van der Waals surface area (Å²) in [6.45, 7) is 8.97. The van der Waals surface area contributed by atoms with Crippen molar-refractivity contribution in [2.45, 2.75) is 65.6 Å². The van der Waals surface area contributed by atoms with Crippen molar-refractivity contribution in [1.82, 2.24) is 15.1 Å². The van der Waals surface area contributed by atoms with E-state index in [1.807, 2.05) is 6.20 Å². The number of hydrogen-bond donors (Lipinski definition) is 1. The molecule has 3 atom stereocenters. The molecule has 1 saturated carbocycles. The van der Waals surface area contributed by atoms with Crippen molar-refractivity contribution in [1.29, 1.82) is 0 Å². The summed E-state index contributed by atoms with van der Waals surface area (Å²) in [6.07, 6.45) is 7.08. The van der Waals surface area contributed by atoms with E-state index in [-0.39, 0.29) is 0 Å². The zero-order valence-electron chi connectivity index (χ0n) is 12.0. The van der Waals surface area contributed by atoms with Crippen LogP contribution < -0.4 is 5.32 Å². The van der Waals surface area contributed by atoms with Gasteiger partial charge in [0.15, 0.2) is 0 Å². The lowest BCUT2D eigenvalue weighted by Crippen LogP contribution is -2.36. The van der Waals surface area contributed by atoms with Gasteiger partial charge in [-0.25, -0.2) is 0 Å². The largest absolute Gasteiger partial charge is 0.308 e. The summed E-state index contributed by atoms with van der Waals surface area (Å²) in [5, 5.41) is 8.09. The molecule has 18 heavy (non-hydrogen) atoms. The van der Waals surface area contributed by atoms with Crippen molar-refractivity contribution in [2.24, 2.45) is 11.8 Å².